The molecular formula is C15H24N2O. The SMILES string of the molecule is CCCCCN(C)C(=O)Nc1cc(C)ccc1C. The van der Waals surface area contributed by atoms with Crippen molar-refractivity contribution in [3.63, 3.8) is 0 Å². The summed E-state index contributed by atoms with van der Waals surface area (Å²) >= 11 is 0. The van der Waals surface area contributed by atoms with Crippen molar-refractivity contribution in [3.8, 4) is 0 Å². The number of amides is 2. The van der Waals surface area contributed by atoms with Crippen molar-refractivity contribution < 1.29 is 4.79 Å². The third-order valence-electron chi connectivity index (χ3n) is 3.08. The molecule has 1 N–H and O–H groups in total. The summed E-state index contributed by atoms with van der Waals surface area (Å²) in [6, 6.07) is 6.06. The lowest BCUT2D eigenvalue weighted by atomic mass is 10.1. The number of nitrogens with zero attached hydrogens (tertiary/aromatic N) is 1. The Labute approximate surface area is 110 Å². The van der Waals surface area contributed by atoms with Crippen LogP contribution < -0.4 is 5.32 Å². The molecule has 0 atom stereocenters. The lowest BCUT2D eigenvalue weighted by Crippen LogP contribution is -2.32. The standard InChI is InChI=1S/C15H24N2O/c1-5-6-7-10-17(4)15(18)16-14-11-12(2)8-9-13(14)3/h8-9,11H,5-7,10H2,1-4H3,(H,16,18). The number of aryl methyl sites for hydroxylation is 2. The highest BCUT2D eigenvalue weighted by molar-refractivity contribution is 5.90. The van der Waals surface area contributed by atoms with Crippen molar-refractivity contribution in [2.24, 2.45) is 0 Å². The van der Waals surface area contributed by atoms with Gasteiger partial charge in [0, 0.05) is 19.3 Å². The predicted molar refractivity (Wildman–Crippen MR) is 77.1 cm³/mol. The molecule has 0 aromatic heterocycles. The van der Waals surface area contributed by atoms with Crippen molar-refractivity contribution in [2.45, 2.75) is 40.0 Å². The van der Waals surface area contributed by atoms with Gasteiger partial charge >= 0.3 is 6.03 Å². The third kappa shape index (κ3) is 4.40. The summed E-state index contributed by atoms with van der Waals surface area (Å²) in [7, 11) is 1.84. The van der Waals surface area contributed by atoms with Crippen LogP contribution in [0.1, 0.15) is 37.3 Å². The molecule has 1 rings (SSSR count). The van der Waals surface area contributed by atoms with E-state index in [1.54, 1.807) is 4.90 Å². The maximum Gasteiger partial charge on any atom is 0.321 e. The van der Waals surface area contributed by atoms with E-state index in [1.165, 1.54) is 12.8 Å². The van der Waals surface area contributed by atoms with Crippen LogP contribution in [0.25, 0.3) is 0 Å². The maximum absolute atomic E-state index is 12.0. The molecule has 0 spiro atoms. The highest BCUT2D eigenvalue weighted by Crippen LogP contribution is 2.16. The van der Waals surface area contributed by atoms with Gasteiger partial charge in [-0.25, -0.2) is 4.79 Å². The molecule has 0 fully saturated rings. The van der Waals surface area contributed by atoms with E-state index in [9.17, 15) is 4.79 Å². The van der Waals surface area contributed by atoms with E-state index < -0.39 is 0 Å². The van der Waals surface area contributed by atoms with E-state index in [4.69, 9.17) is 0 Å². The van der Waals surface area contributed by atoms with Crippen LogP contribution in [-0.2, 0) is 0 Å². The molecule has 1 aromatic carbocycles. The fourth-order valence-electron chi connectivity index (χ4n) is 1.78. The number of urea groups is 1. The van der Waals surface area contributed by atoms with Crippen LogP contribution in [0.2, 0.25) is 0 Å². The normalized spacial score (nSPS) is 10.2. The fourth-order valence-corrected chi connectivity index (χ4v) is 1.78. The second-order valence-electron chi connectivity index (χ2n) is 4.88. The minimum absolute atomic E-state index is 0.0280. The van der Waals surface area contributed by atoms with Crippen LogP contribution in [0.4, 0.5) is 10.5 Å². The Morgan fingerprint density at radius 1 is 1.28 bits per heavy atom. The molecule has 0 bridgehead atoms. The summed E-state index contributed by atoms with van der Waals surface area (Å²) in [5.41, 5.74) is 3.16. The Morgan fingerprint density at radius 2 is 2.00 bits per heavy atom. The molecule has 100 valence electrons. The molecule has 0 aliphatic heterocycles. The highest BCUT2D eigenvalue weighted by Gasteiger charge is 2.09. The average molecular weight is 248 g/mol. The zero-order valence-electron chi connectivity index (χ0n) is 11.9. The van der Waals surface area contributed by atoms with Gasteiger partial charge in [0.25, 0.3) is 0 Å². The van der Waals surface area contributed by atoms with Gasteiger partial charge in [-0.2, -0.15) is 0 Å². The molecule has 3 heteroatoms. The van der Waals surface area contributed by atoms with Crippen LogP contribution in [0.3, 0.4) is 0 Å². The van der Waals surface area contributed by atoms with Crippen LogP contribution >= 0.6 is 0 Å². The van der Waals surface area contributed by atoms with E-state index in [1.807, 2.05) is 33.0 Å². The summed E-state index contributed by atoms with van der Waals surface area (Å²) in [5, 5.41) is 2.96. The second kappa shape index (κ2) is 7.04. The monoisotopic (exact) mass is 248 g/mol. The molecule has 18 heavy (non-hydrogen) atoms. The van der Waals surface area contributed by atoms with Crippen LogP contribution in [-0.4, -0.2) is 24.5 Å². The molecule has 0 heterocycles. The zero-order chi connectivity index (χ0) is 13.5. The largest absolute Gasteiger partial charge is 0.328 e. The van der Waals surface area contributed by atoms with Gasteiger partial charge in [0.1, 0.15) is 0 Å². The Balaban J connectivity index is 2.55. The van der Waals surface area contributed by atoms with Crippen molar-refractivity contribution in [3.05, 3.63) is 29.3 Å². The van der Waals surface area contributed by atoms with Gasteiger partial charge in [-0.1, -0.05) is 31.9 Å². The Hall–Kier alpha value is -1.51. The summed E-state index contributed by atoms with van der Waals surface area (Å²) in [6.07, 6.45) is 3.40. The number of carbonyl (C=O) groups excluding carboxylic acids is 1. The number of carbonyl (C=O) groups is 1. The average Bonchev–Trinajstić information content (AvgIpc) is 2.34. The number of hydrogen-bond donors (Lipinski definition) is 1. The predicted octanol–water partition coefficient (Wildman–Crippen LogP) is 3.96. The lowest BCUT2D eigenvalue weighted by molar-refractivity contribution is 0.221. The van der Waals surface area contributed by atoms with Gasteiger partial charge in [-0.3, -0.25) is 0 Å². The highest BCUT2D eigenvalue weighted by atomic mass is 16.2. The Kier molecular flexibility index (Phi) is 5.69. The third-order valence-corrected chi connectivity index (χ3v) is 3.08. The molecule has 2 amide bonds. The second-order valence-corrected chi connectivity index (χ2v) is 4.88. The molecule has 3 nitrogen and oxygen atoms in total. The van der Waals surface area contributed by atoms with E-state index >= 15 is 0 Å². The van der Waals surface area contributed by atoms with E-state index in [0.29, 0.717) is 0 Å². The fraction of sp³-hybridized carbons (Fsp3) is 0.533. The summed E-state index contributed by atoms with van der Waals surface area (Å²) in [5.74, 6) is 0. The summed E-state index contributed by atoms with van der Waals surface area (Å²) in [6.45, 7) is 7.01. The number of unbranched alkanes of at least 4 members (excludes halogenated alkanes) is 2. The van der Waals surface area contributed by atoms with Crippen LogP contribution in [0, 0.1) is 13.8 Å². The molecule has 0 saturated carbocycles. The Morgan fingerprint density at radius 3 is 2.67 bits per heavy atom. The molecule has 1 aromatic rings. The minimum atomic E-state index is -0.0280. The van der Waals surface area contributed by atoms with Gasteiger partial charge in [-0.05, 0) is 37.5 Å². The van der Waals surface area contributed by atoms with E-state index in [2.05, 4.69) is 18.3 Å². The van der Waals surface area contributed by atoms with Crippen molar-refractivity contribution in [1.82, 2.24) is 4.90 Å². The van der Waals surface area contributed by atoms with E-state index in [-0.39, 0.29) is 6.03 Å². The summed E-state index contributed by atoms with van der Waals surface area (Å²) < 4.78 is 0. The zero-order valence-corrected chi connectivity index (χ0v) is 11.9. The van der Waals surface area contributed by atoms with Gasteiger partial charge in [0.05, 0.1) is 0 Å². The topological polar surface area (TPSA) is 32.3 Å². The summed E-state index contributed by atoms with van der Waals surface area (Å²) in [4.78, 5) is 13.7. The first-order valence-electron chi connectivity index (χ1n) is 6.64. The van der Waals surface area contributed by atoms with Crippen LogP contribution in [0.5, 0.6) is 0 Å². The van der Waals surface area contributed by atoms with E-state index in [0.717, 1.165) is 29.8 Å². The number of nitrogens with one attached hydrogen (secondary N) is 1. The first-order chi connectivity index (χ1) is 8.54. The molecule has 0 aliphatic rings. The first kappa shape index (κ1) is 14.6. The molecular weight excluding hydrogens is 224 g/mol. The van der Waals surface area contributed by atoms with Crippen molar-refractivity contribution in [1.29, 1.82) is 0 Å². The minimum Gasteiger partial charge on any atom is -0.328 e. The quantitative estimate of drug-likeness (QED) is 0.786. The lowest BCUT2D eigenvalue weighted by Gasteiger charge is -2.18. The molecule has 0 saturated heterocycles. The molecule has 0 unspecified atom stereocenters. The number of rotatable bonds is 5. The molecule has 0 radical (unpaired) electrons. The Bertz CT molecular complexity index is 401. The van der Waals surface area contributed by atoms with Gasteiger partial charge in [0.15, 0.2) is 0 Å². The van der Waals surface area contributed by atoms with Gasteiger partial charge < -0.3 is 10.2 Å². The number of hydrogen-bond acceptors (Lipinski definition) is 1. The van der Waals surface area contributed by atoms with Gasteiger partial charge in [-0.15, -0.1) is 0 Å². The number of benzene rings is 1. The first-order valence-corrected chi connectivity index (χ1v) is 6.64. The number of anilines is 1. The van der Waals surface area contributed by atoms with Crippen molar-refractivity contribution in [2.75, 3.05) is 18.9 Å². The van der Waals surface area contributed by atoms with Crippen LogP contribution in [0.15, 0.2) is 18.2 Å². The maximum atomic E-state index is 12.0. The smallest absolute Gasteiger partial charge is 0.321 e. The molecule has 0 aliphatic carbocycles. The van der Waals surface area contributed by atoms with Crippen molar-refractivity contribution >= 4 is 11.7 Å². The van der Waals surface area contributed by atoms with Gasteiger partial charge in [0.2, 0.25) is 0 Å².